The Morgan fingerprint density at radius 1 is 1.19 bits per heavy atom. The van der Waals surface area contributed by atoms with Gasteiger partial charge in [-0.25, -0.2) is 23.5 Å². The van der Waals surface area contributed by atoms with Crippen molar-refractivity contribution in [1.29, 1.82) is 0 Å². The molecule has 0 unspecified atom stereocenters. The number of nitrogens with zero attached hydrogens (tertiary/aromatic N) is 2. The molecule has 1 aromatic carbocycles. The fraction of sp³-hybridized carbons (Fsp3) is 0.381. The molecule has 0 aliphatic rings. The van der Waals surface area contributed by atoms with E-state index in [1.807, 2.05) is 19.1 Å². The lowest BCUT2D eigenvalue weighted by Gasteiger charge is -2.21. The topological polar surface area (TPSA) is 78.9 Å². The zero-order valence-corrected chi connectivity index (χ0v) is 18.2. The molecule has 3 aromatic rings. The Balaban J connectivity index is 2.15. The second-order valence-corrected chi connectivity index (χ2v) is 8.69. The molecule has 2 N–H and O–H groups in total. The second-order valence-electron chi connectivity index (χ2n) is 7.73. The number of halogens is 5. The zero-order chi connectivity index (χ0) is 23.8. The number of pyridine rings is 1. The van der Waals surface area contributed by atoms with Gasteiger partial charge in [0.05, 0.1) is 16.6 Å². The number of H-pyrrole nitrogens is 1. The van der Waals surface area contributed by atoms with Gasteiger partial charge < -0.3 is 10.1 Å². The Bertz CT molecular complexity index is 1160. The number of aromatic nitrogens is 3. The third kappa shape index (κ3) is 5.03. The van der Waals surface area contributed by atoms with E-state index >= 15 is 0 Å². The summed E-state index contributed by atoms with van der Waals surface area (Å²) in [6, 6.07) is 5.43. The standard InChI is InChI=1S/C21H20F5N3O2S/c1-9(2)6-11-12(8-32-20-27-13-5-4-10(3)7-14(13)28-20)17(21(24,25)26)29-16(18(22)23)15(11)19(30)31/h4-5,7,9,18H,6,8H2,1-3H3,(H,27,28)(H,30,31). The lowest BCUT2D eigenvalue weighted by atomic mass is 9.91. The first-order valence-electron chi connectivity index (χ1n) is 9.62. The maximum Gasteiger partial charge on any atom is 0.433 e. The summed E-state index contributed by atoms with van der Waals surface area (Å²) in [4.78, 5) is 22.2. The van der Waals surface area contributed by atoms with Gasteiger partial charge in [0.2, 0.25) is 0 Å². The first-order valence-corrected chi connectivity index (χ1v) is 10.6. The van der Waals surface area contributed by atoms with Crippen LogP contribution in [0.1, 0.15) is 58.7 Å². The monoisotopic (exact) mass is 473 g/mol. The van der Waals surface area contributed by atoms with Gasteiger partial charge in [-0.15, -0.1) is 0 Å². The van der Waals surface area contributed by atoms with Gasteiger partial charge in [-0.3, -0.25) is 0 Å². The van der Waals surface area contributed by atoms with Crippen LogP contribution in [0.25, 0.3) is 11.0 Å². The molecule has 0 aliphatic heterocycles. The minimum atomic E-state index is -5.03. The van der Waals surface area contributed by atoms with Crippen molar-refractivity contribution in [1.82, 2.24) is 15.0 Å². The van der Waals surface area contributed by atoms with Gasteiger partial charge in [0.25, 0.3) is 6.43 Å². The van der Waals surface area contributed by atoms with Crippen molar-refractivity contribution in [2.24, 2.45) is 5.92 Å². The largest absolute Gasteiger partial charge is 0.478 e. The minimum Gasteiger partial charge on any atom is -0.478 e. The molecule has 0 saturated carbocycles. The minimum absolute atomic E-state index is 0.123. The van der Waals surface area contributed by atoms with E-state index in [-0.39, 0.29) is 23.7 Å². The smallest absolute Gasteiger partial charge is 0.433 e. The van der Waals surface area contributed by atoms with E-state index in [4.69, 9.17) is 0 Å². The number of carboxylic acid groups (broad SMARTS) is 1. The Hall–Kier alpha value is -2.69. The van der Waals surface area contributed by atoms with E-state index in [9.17, 15) is 31.9 Å². The van der Waals surface area contributed by atoms with E-state index in [0.717, 1.165) is 17.3 Å². The zero-order valence-electron chi connectivity index (χ0n) is 17.3. The molecule has 0 aliphatic carbocycles. The van der Waals surface area contributed by atoms with Crippen LogP contribution in [-0.4, -0.2) is 26.0 Å². The third-order valence-corrected chi connectivity index (χ3v) is 5.61. The first-order chi connectivity index (χ1) is 14.9. The molecule has 5 nitrogen and oxygen atoms in total. The van der Waals surface area contributed by atoms with Crippen molar-refractivity contribution < 1.29 is 31.9 Å². The van der Waals surface area contributed by atoms with Crippen molar-refractivity contribution in [3.05, 3.63) is 51.8 Å². The third-order valence-electron chi connectivity index (χ3n) is 4.71. The number of aromatic carboxylic acids is 1. The number of hydrogen-bond donors (Lipinski definition) is 2. The fourth-order valence-corrected chi connectivity index (χ4v) is 4.36. The average molecular weight is 473 g/mol. The van der Waals surface area contributed by atoms with Crippen LogP contribution in [0.2, 0.25) is 0 Å². The number of alkyl halides is 5. The molecule has 11 heteroatoms. The number of nitrogens with one attached hydrogen (secondary N) is 1. The predicted molar refractivity (Wildman–Crippen MR) is 110 cm³/mol. The summed E-state index contributed by atoms with van der Waals surface area (Å²) in [6.45, 7) is 5.21. The number of carboxylic acids is 1. The van der Waals surface area contributed by atoms with Crippen LogP contribution in [0, 0.1) is 12.8 Å². The Morgan fingerprint density at radius 3 is 2.44 bits per heavy atom. The van der Waals surface area contributed by atoms with E-state index in [1.165, 1.54) is 0 Å². The highest BCUT2D eigenvalue weighted by atomic mass is 32.2. The summed E-state index contributed by atoms with van der Waals surface area (Å²) in [5, 5.41) is 9.88. The lowest BCUT2D eigenvalue weighted by molar-refractivity contribution is -0.142. The molecule has 0 amide bonds. The van der Waals surface area contributed by atoms with Crippen LogP contribution in [0.5, 0.6) is 0 Å². The van der Waals surface area contributed by atoms with Crippen molar-refractivity contribution in [2.75, 3.05) is 0 Å². The maximum absolute atomic E-state index is 13.8. The number of carbonyl (C=O) groups is 1. The number of aryl methyl sites for hydroxylation is 1. The number of thioether (sulfide) groups is 1. The van der Waals surface area contributed by atoms with Crippen LogP contribution >= 0.6 is 11.8 Å². The van der Waals surface area contributed by atoms with Crippen molar-refractivity contribution in [3.8, 4) is 0 Å². The summed E-state index contributed by atoms with van der Waals surface area (Å²) in [6.07, 6.45) is -8.62. The quantitative estimate of drug-likeness (QED) is 0.306. The molecule has 2 heterocycles. The number of hydrogen-bond acceptors (Lipinski definition) is 4. The van der Waals surface area contributed by atoms with E-state index < -0.39 is 41.1 Å². The normalized spacial score (nSPS) is 12.3. The molecule has 0 radical (unpaired) electrons. The first kappa shape index (κ1) is 24.0. The SMILES string of the molecule is Cc1ccc2nc(SCc3c(C(F)(F)F)nc(C(F)F)c(C(=O)O)c3CC(C)C)[nH]c2c1. The van der Waals surface area contributed by atoms with Gasteiger partial charge in [0, 0.05) is 5.75 Å². The van der Waals surface area contributed by atoms with Gasteiger partial charge in [0.1, 0.15) is 11.4 Å². The van der Waals surface area contributed by atoms with Crippen LogP contribution in [0.3, 0.4) is 0 Å². The Kier molecular flexibility index (Phi) is 6.77. The van der Waals surface area contributed by atoms with Gasteiger partial charge in [-0.1, -0.05) is 31.7 Å². The Morgan fingerprint density at radius 2 is 1.88 bits per heavy atom. The highest BCUT2D eigenvalue weighted by molar-refractivity contribution is 7.98. The van der Waals surface area contributed by atoms with Gasteiger partial charge in [-0.2, -0.15) is 13.2 Å². The molecule has 32 heavy (non-hydrogen) atoms. The molecule has 172 valence electrons. The number of benzene rings is 1. The fourth-order valence-electron chi connectivity index (χ4n) is 3.42. The highest BCUT2D eigenvalue weighted by Gasteiger charge is 2.40. The molecule has 0 saturated heterocycles. The van der Waals surface area contributed by atoms with E-state index in [0.29, 0.717) is 16.2 Å². The second kappa shape index (κ2) is 9.05. The predicted octanol–water partition coefficient (Wildman–Crippen LogP) is 6.41. The Labute approximate surface area is 184 Å². The average Bonchev–Trinajstić information content (AvgIpc) is 3.06. The lowest BCUT2D eigenvalue weighted by Crippen LogP contribution is -2.21. The number of aromatic amines is 1. The van der Waals surface area contributed by atoms with E-state index in [2.05, 4.69) is 15.0 Å². The molecule has 0 spiro atoms. The van der Waals surface area contributed by atoms with Crippen molar-refractivity contribution in [3.63, 3.8) is 0 Å². The molecule has 0 atom stereocenters. The molecular weight excluding hydrogens is 453 g/mol. The van der Waals surface area contributed by atoms with Gasteiger partial charge >= 0.3 is 12.1 Å². The van der Waals surface area contributed by atoms with Crippen LogP contribution < -0.4 is 0 Å². The maximum atomic E-state index is 13.8. The molecular formula is C21H20F5N3O2S. The molecule has 2 aromatic heterocycles. The van der Waals surface area contributed by atoms with Crippen molar-refractivity contribution in [2.45, 2.75) is 50.7 Å². The molecule has 0 bridgehead atoms. The van der Waals surface area contributed by atoms with Crippen LogP contribution in [-0.2, 0) is 18.3 Å². The summed E-state index contributed by atoms with van der Waals surface area (Å²) < 4.78 is 68.4. The summed E-state index contributed by atoms with van der Waals surface area (Å²) in [5.74, 6) is -2.35. The van der Waals surface area contributed by atoms with Gasteiger partial charge in [0.15, 0.2) is 5.16 Å². The summed E-state index contributed by atoms with van der Waals surface area (Å²) in [5.41, 5.74) is -2.13. The van der Waals surface area contributed by atoms with Crippen molar-refractivity contribution >= 4 is 28.8 Å². The summed E-state index contributed by atoms with van der Waals surface area (Å²) in [7, 11) is 0. The van der Waals surface area contributed by atoms with Crippen LogP contribution in [0.15, 0.2) is 23.4 Å². The molecule has 3 rings (SSSR count). The van der Waals surface area contributed by atoms with Crippen LogP contribution in [0.4, 0.5) is 22.0 Å². The summed E-state index contributed by atoms with van der Waals surface area (Å²) >= 11 is 0.924. The number of rotatable bonds is 7. The number of imidazole rings is 1. The van der Waals surface area contributed by atoms with E-state index in [1.54, 1.807) is 19.9 Å². The molecule has 0 fully saturated rings. The highest BCUT2D eigenvalue weighted by Crippen LogP contribution is 2.39. The van der Waals surface area contributed by atoms with Gasteiger partial charge in [-0.05, 0) is 48.1 Å². The number of fused-ring (bicyclic) bond motifs is 1.